The number of hydrogen-bond donors (Lipinski definition) is 3. The summed E-state index contributed by atoms with van der Waals surface area (Å²) in [6.07, 6.45) is 1.76. The summed E-state index contributed by atoms with van der Waals surface area (Å²) < 4.78 is 5.26. The molecule has 2 aliphatic heterocycles. The fourth-order valence-corrected chi connectivity index (χ4v) is 3.12. The third kappa shape index (κ3) is 3.63. The Morgan fingerprint density at radius 1 is 1.15 bits per heavy atom. The second kappa shape index (κ2) is 7.13. The van der Waals surface area contributed by atoms with Crippen molar-refractivity contribution in [2.24, 2.45) is 0 Å². The van der Waals surface area contributed by atoms with Gasteiger partial charge in [0, 0.05) is 35.6 Å². The average molecular weight is 365 g/mol. The van der Waals surface area contributed by atoms with Crippen molar-refractivity contribution < 1.29 is 19.4 Å². The molecule has 7 nitrogen and oxygen atoms in total. The highest BCUT2D eigenvalue weighted by Crippen LogP contribution is 2.35. The predicted octanol–water partition coefficient (Wildman–Crippen LogP) is 2.75. The number of phenolic OH excluding ortho intramolecular Hbond substituents is 1. The third-order valence-corrected chi connectivity index (χ3v) is 4.56. The van der Waals surface area contributed by atoms with Crippen molar-refractivity contribution in [1.29, 1.82) is 0 Å². The van der Waals surface area contributed by atoms with Crippen LogP contribution in [-0.4, -0.2) is 48.2 Å². The maximum absolute atomic E-state index is 12.4. The first-order valence-electron chi connectivity index (χ1n) is 8.70. The van der Waals surface area contributed by atoms with Crippen LogP contribution in [0.25, 0.3) is 11.6 Å². The van der Waals surface area contributed by atoms with Gasteiger partial charge in [0.05, 0.1) is 13.2 Å². The Balaban J connectivity index is 1.58. The van der Waals surface area contributed by atoms with E-state index in [0.717, 1.165) is 11.1 Å². The molecule has 2 aromatic carbocycles. The number of urea groups is 1. The highest BCUT2D eigenvalue weighted by Gasteiger charge is 2.25. The van der Waals surface area contributed by atoms with Crippen molar-refractivity contribution in [1.82, 2.24) is 4.90 Å². The zero-order valence-corrected chi connectivity index (χ0v) is 14.6. The Kier molecular flexibility index (Phi) is 4.52. The third-order valence-electron chi connectivity index (χ3n) is 4.56. The van der Waals surface area contributed by atoms with Gasteiger partial charge in [0.1, 0.15) is 5.75 Å². The summed E-state index contributed by atoms with van der Waals surface area (Å²) >= 11 is 0. The van der Waals surface area contributed by atoms with Crippen LogP contribution in [0.3, 0.4) is 0 Å². The van der Waals surface area contributed by atoms with E-state index >= 15 is 0 Å². The van der Waals surface area contributed by atoms with Gasteiger partial charge in [-0.05, 0) is 42.0 Å². The first-order valence-corrected chi connectivity index (χ1v) is 8.70. The second-order valence-corrected chi connectivity index (χ2v) is 6.39. The number of amides is 3. The molecule has 3 N–H and O–H groups in total. The molecule has 3 amide bonds. The molecular formula is C20H19N3O4. The van der Waals surface area contributed by atoms with Gasteiger partial charge in [-0.25, -0.2) is 4.79 Å². The van der Waals surface area contributed by atoms with Crippen LogP contribution in [0.15, 0.2) is 42.5 Å². The van der Waals surface area contributed by atoms with Crippen LogP contribution in [0.4, 0.5) is 16.2 Å². The Morgan fingerprint density at radius 2 is 1.89 bits per heavy atom. The van der Waals surface area contributed by atoms with Crippen molar-refractivity contribution in [3.8, 4) is 5.75 Å². The summed E-state index contributed by atoms with van der Waals surface area (Å²) in [5, 5.41) is 15.1. The van der Waals surface area contributed by atoms with Crippen LogP contribution in [0.2, 0.25) is 0 Å². The van der Waals surface area contributed by atoms with E-state index in [-0.39, 0.29) is 17.7 Å². The smallest absolute Gasteiger partial charge is 0.321 e. The number of benzene rings is 2. The zero-order chi connectivity index (χ0) is 18.8. The minimum absolute atomic E-state index is 0.168. The molecular weight excluding hydrogens is 346 g/mol. The topological polar surface area (TPSA) is 90.9 Å². The van der Waals surface area contributed by atoms with Crippen molar-refractivity contribution in [3.63, 3.8) is 0 Å². The molecule has 7 heteroatoms. The predicted molar refractivity (Wildman–Crippen MR) is 102 cm³/mol. The molecule has 2 heterocycles. The summed E-state index contributed by atoms with van der Waals surface area (Å²) in [6, 6.07) is 11.8. The van der Waals surface area contributed by atoms with Crippen molar-refractivity contribution in [2.45, 2.75) is 0 Å². The normalized spacial score (nSPS) is 17.6. The van der Waals surface area contributed by atoms with E-state index in [4.69, 9.17) is 4.74 Å². The summed E-state index contributed by atoms with van der Waals surface area (Å²) in [5.74, 6) is -0.0312. The van der Waals surface area contributed by atoms with E-state index < -0.39 is 0 Å². The molecule has 27 heavy (non-hydrogen) atoms. The minimum atomic E-state index is -0.199. The highest BCUT2D eigenvalue weighted by atomic mass is 16.5. The molecule has 0 bridgehead atoms. The second-order valence-electron chi connectivity index (χ2n) is 6.39. The van der Waals surface area contributed by atoms with Crippen LogP contribution in [0, 0.1) is 0 Å². The molecule has 1 saturated heterocycles. The molecule has 1 fully saturated rings. The van der Waals surface area contributed by atoms with Gasteiger partial charge in [-0.1, -0.05) is 12.1 Å². The number of carbonyl (C=O) groups is 2. The number of carbonyl (C=O) groups excluding carboxylic acids is 2. The van der Waals surface area contributed by atoms with Crippen LogP contribution >= 0.6 is 0 Å². The van der Waals surface area contributed by atoms with Gasteiger partial charge < -0.3 is 25.4 Å². The lowest BCUT2D eigenvalue weighted by atomic mass is 10.0. The fraction of sp³-hybridized carbons (Fsp3) is 0.200. The average Bonchev–Trinajstić information content (AvgIpc) is 2.99. The van der Waals surface area contributed by atoms with Crippen LogP contribution < -0.4 is 10.6 Å². The monoisotopic (exact) mass is 365 g/mol. The summed E-state index contributed by atoms with van der Waals surface area (Å²) in [6.45, 7) is 2.19. The van der Waals surface area contributed by atoms with E-state index in [2.05, 4.69) is 10.6 Å². The highest BCUT2D eigenvalue weighted by molar-refractivity contribution is 6.35. The number of rotatable bonds is 2. The van der Waals surface area contributed by atoms with Gasteiger partial charge in [0.2, 0.25) is 0 Å². The Morgan fingerprint density at radius 3 is 2.63 bits per heavy atom. The Labute approximate surface area is 156 Å². The number of nitrogens with one attached hydrogen (secondary N) is 2. The first kappa shape index (κ1) is 17.1. The van der Waals surface area contributed by atoms with Gasteiger partial charge >= 0.3 is 6.03 Å². The maximum Gasteiger partial charge on any atom is 0.321 e. The summed E-state index contributed by atoms with van der Waals surface area (Å²) in [5.41, 5.74) is 3.37. The molecule has 0 aromatic heterocycles. The molecule has 138 valence electrons. The summed E-state index contributed by atoms with van der Waals surface area (Å²) in [4.78, 5) is 26.4. The molecule has 0 aliphatic carbocycles. The maximum atomic E-state index is 12.4. The summed E-state index contributed by atoms with van der Waals surface area (Å²) in [7, 11) is 0. The van der Waals surface area contributed by atoms with Gasteiger partial charge in [0.25, 0.3) is 5.91 Å². The number of fused-ring (bicyclic) bond motifs is 1. The quantitative estimate of drug-likeness (QED) is 0.714. The van der Waals surface area contributed by atoms with Gasteiger partial charge in [-0.3, -0.25) is 4.79 Å². The lowest BCUT2D eigenvalue weighted by Gasteiger charge is -2.27. The Bertz CT molecular complexity index is 915. The number of aromatic hydroxyl groups is 1. The van der Waals surface area contributed by atoms with E-state index in [1.54, 1.807) is 53.4 Å². The van der Waals surface area contributed by atoms with Crippen LogP contribution in [0.5, 0.6) is 5.75 Å². The number of ether oxygens (including phenoxy) is 1. The molecule has 2 aromatic rings. The van der Waals surface area contributed by atoms with E-state index in [9.17, 15) is 14.7 Å². The molecule has 0 saturated carbocycles. The number of morpholine rings is 1. The lowest BCUT2D eigenvalue weighted by Crippen LogP contribution is -2.43. The standard InChI is InChI=1S/C20H19N3O4/c24-15-4-1-13(2-5-15)11-17-16-12-14(3-6-18(16)22-19(17)25)21-20(26)23-7-9-27-10-8-23/h1-6,11-12,24H,7-10H2,(H,21,26)(H,22,25)/b17-11+. The first-order chi connectivity index (χ1) is 13.1. The Hall–Kier alpha value is -3.32. The van der Waals surface area contributed by atoms with Gasteiger partial charge in [-0.15, -0.1) is 0 Å². The van der Waals surface area contributed by atoms with Gasteiger partial charge in [-0.2, -0.15) is 0 Å². The van der Waals surface area contributed by atoms with Crippen LogP contribution in [0.1, 0.15) is 11.1 Å². The molecule has 4 rings (SSSR count). The number of phenols is 1. The molecule has 0 unspecified atom stereocenters. The number of nitrogens with zero attached hydrogens (tertiary/aromatic N) is 1. The number of hydrogen-bond acceptors (Lipinski definition) is 4. The van der Waals surface area contributed by atoms with E-state index in [1.165, 1.54) is 0 Å². The zero-order valence-electron chi connectivity index (χ0n) is 14.6. The van der Waals surface area contributed by atoms with Crippen LogP contribution in [-0.2, 0) is 9.53 Å². The molecule has 0 atom stereocenters. The van der Waals surface area contributed by atoms with E-state index in [1.807, 2.05) is 0 Å². The number of anilines is 2. The minimum Gasteiger partial charge on any atom is -0.508 e. The fourth-order valence-electron chi connectivity index (χ4n) is 3.12. The van der Waals surface area contributed by atoms with Crippen molar-refractivity contribution in [2.75, 3.05) is 36.9 Å². The molecule has 0 spiro atoms. The van der Waals surface area contributed by atoms with Crippen molar-refractivity contribution in [3.05, 3.63) is 53.6 Å². The van der Waals surface area contributed by atoms with Crippen molar-refractivity contribution >= 4 is 35.0 Å². The largest absolute Gasteiger partial charge is 0.508 e. The molecule has 0 radical (unpaired) electrons. The van der Waals surface area contributed by atoms with E-state index in [0.29, 0.717) is 43.3 Å². The molecule has 2 aliphatic rings. The van der Waals surface area contributed by atoms with Gasteiger partial charge in [0.15, 0.2) is 0 Å². The SMILES string of the molecule is O=C1Nc2ccc(NC(=O)N3CCOCC3)cc2/C1=C\c1ccc(O)cc1. The lowest BCUT2D eigenvalue weighted by molar-refractivity contribution is -0.110.